The van der Waals surface area contributed by atoms with Crippen LogP contribution in [0.1, 0.15) is 23.3 Å². The highest BCUT2D eigenvalue weighted by Gasteiger charge is 2.41. The summed E-state index contributed by atoms with van der Waals surface area (Å²) in [7, 11) is 0. The third-order valence-electron chi connectivity index (χ3n) is 4.81. The molecule has 1 spiro atoms. The molecular weight excluding hydrogens is 326 g/mol. The number of carbonyl (C=O) groups excluding carboxylic acids is 1. The van der Waals surface area contributed by atoms with E-state index in [1.54, 1.807) is 23.6 Å². The van der Waals surface area contributed by atoms with E-state index in [1.165, 1.54) is 0 Å². The molecular formula is C16H21N5O2S. The Morgan fingerprint density at radius 1 is 1.33 bits per heavy atom. The van der Waals surface area contributed by atoms with Gasteiger partial charge < -0.3 is 14.5 Å². The van der Waals surface area contributed by atoms with E-state index in [-0.39, 0.29) is 11.3 Å². The maximum absolute atomic E-state index is 12.7. The van der Waals surface area contributed by atoms with Crippen LogP contribution < -0.4 is 4.90 Å². The zero-order valence-electron chi connectivity index (χ0n) is 13.5. The lowest BCUT2D eigenvalue weighted by Gasteiger charge is -2.43. The summed E-state index contributed by atoms with van der Waals surface area (Å²) in [5.74, 6) is 0.0246. The summed E-state index contributed by atoms with van der Waals surface area (Å²) in [6, 6.07) is 1.73. The average molecular weight is 347 g/mol. The largest absolute Gasteiger partial charge is 0.379 e. The number of ether oxygens (including phenoxy) is 1. The van der Waals surface area contributed by atoms with E-state index in [1.807, 2.05) is 16.5 Å². The summed E-state index contributed by atoms with van der Waals surface area (Å²) in [6.45, 7) is 4.64. The van der Waals surface area contributed by atoms with Crippen LogP contribution in [0.3, 0.4) is 0 Å². The maximum atomic E-state index is 12.7. The minimum Gasteiger partial charge on any atom is -0.379 e. The number of nitrogens with zero attached hydrogens (tertiary/aromatic N) is 4. The molecule has 0 saturated carbocycles. The Bertz CT molecular complexity index is 675. The first kappa shape index (κ1) is 15.6. The van der Waals surface area contributed by atoms with Crippen LogP contribution in [-0.2, 0) is 4.74 Å². The summed E-state index contributed by atoms with van der Waals surface area (Å²) < 4.78 is 5.91. The Kier molecular flexibility index (Phi) is 4.24. The lowest BCUT2D eigenvalue weighted by atomic mass is 9.80. The molecule has 4 heterocycles. The summed E-state index contributed by atoms with van der Waals surface area (Å²) in [6.07, 6.45) is 5.52. The fourth-order valence-corrected chi connectivity index (χ4v) is 4.37. The van der Waals surface area contributed by atoms with Crippen molar-refractivity contribution in [3.05, 3.63) is 29.5 Å². The summed E-state index contributed by atoms with van der Waals surface area (Å²) in [5, 5.41) is 9.71. The van der Waals surface area contributed by atoms with Gasteiger partial charge in [-0.25, -0.2) is 4.98 Å². The number of nitrogens with one attached hydrogen (secondary N) is 1. The van der Waals surface area contributed by atoms with Crippen molar-refractivity contribution in [3.63, 3.8) is 0 Å². The standard InChI is InChI=1S/C16H21N5O2S/c22-14(13-2-4-18-19-13)20-6-1-3-16(10-20)11-21(7-8-23-12-16)15-17-5-9-24-15/h2,4-5,9H,1,3,6-8,10-12H2,(H,18,19). The smallest absolute Gasteiger partial charge is 0.271 e. The normalized spacial score (nSPS) is 25.0. The van der Waals surface area contributed by atoms with Crippen molar-refractivity contribution in [1.82, 2.24) is 20.1 Å². The SMILES string of the molecule is O=C(c1ccn[nH]1)N1CCCC2(COCCN(c3nccs3)C2)C1. The fourth-order valence-electron chi connectivity index (χ4n) is 3.70. The van der Waals surface area contributed by atoms with E-state index in [2.05, 4.69) is 20.1 Å². The maximum Gasteiger partial charge on any atom is 0.271 e. The van der Waals surface area contributed by atoms with Crippen LogP contribution in [0, 0.1) is 5.41 Å². The predicted octanol–water partition coefficient (Wildman–Crippen LogP) is 1.63. The zero-order valence-corrected chi connectivity index (χ0v) is 14.3. The number of likely N-dealkylation sites (tertiary alicyclic amines) is 1. The number of aromatic nitrogens is 3. The van der Waals surface area contributed by atoms with Gasteiger partial charge in [0, 0.05) is 49.4 Å². The molecule has 0 bridgehead atoms. The number of rotatable bonds is 2. The Hall–Kier alpha value is -1.93. The highest BCUT2D eigenvalue weighted by molar-refractivity contribution is 7.13. The second-order valence-corrected chi connectivity index (χ2v) is 7.46. The van der Waals surface area contributed by atoms with E-state index >= 15 is 0 Å². The Morgan fingerprint density at radius 2 is 2.29 bits per heavy atom. The van der Waals surface area contributed by atoms with E-state index in [4.69, 9.17) is 4.74 Å². The van der Waals surface area contributed by atoms with Crippen LogP contribution in [0.25, 0.3) is 0 Å². The van der Waals surface area contributed by atoms with Gasteiger partial charge in [0.25, 0.3) is 5.91 Å². The number of anilines is 1. The van der Waals surface area contributed by atoms with Crippen molar-refractivity contribution in [2.45, 2.75) is 12.8 Å². The van der Waals surface area contributed by atoms with E-state index in [0.29, 0.717) is 25.5 Å². The minimum atomic E-state index is -0.0316. The van der Waals surface area contributed by atoms with Gasteiger partial charge in [0.2, 0.25) is 0 Å². The van der Waals surface area contributed by atoms with Gasteiger partial charge in [-0.3, -0.25) is 9.89 Å². The van der Waals surface area contributed by atoms with Crippen LogP contribution in [0.5, 0.6) is 0 Å². The first-order chi connectivity index (χ1) is 11.8. The molecule has 2 aromatic heterocycles. The molecule has 1 N–H and O–H groups in total. The number of hydrogen-bond acceptors (Lipinski definition) is 6. The number of amides is 1. The third-order valence-corrected chi connectivity index (χ3v) is 5.64. The Labute approximate surface area is 144 Å². The molecule has 2 fully saturated rings. The lowest BCUT2D eigenvalue weighted by Crippen LogP contribution is -2.52. The minimum absolute atomic E-state index is 0.0246. The first-order valence-corrected chi connectivity index (χ1v) is 9.15. The molecule has 7 nitrogen and oxygen atoms in total. The van der Waals surface area contributed by atoms with Gasteiger partial charge in [0.1, 0.15) is 5.69 Å². The quantitative estimate of drug-likeness (QED) is 0.894. The van der Waals surface area contributed by atoms with Gasteiger partial charge in [0.15, 0.2) is 5.13 Å². The van der Waals surface area contributed by atoms with Crippen molar-refractivity contribution >= 4 is 22.4 Å². The molecule has 128 valence electrons. The topological polar surface area (TPSA) is 74.3 Å². The number of aromatic amines is 1. The highest BCUT2D eigenvalue weighted by Crippen LogP contribution is 2.35. The van der Waals surface area contributed by atoms with Crippen LogP contribution in [0.2, 0.25) is 0 Å². The molecule has 2 aromatic rings. The van der Waals surface area contributed by atoms with Crippen molar-refractivity contribution in [2.75, 3.05) is 44.3 Å². The molecule has 8 heteroatoms. The van der Waals surface area contributed by atoms with E-state index in [0.717, 1.165) is 37.6 Å². The van der Waals surface area contributed by atoms with Gasteiger partial charge in [-0.05, 0) is 18.9 Å². The van der Waals surface area contributed by atoms with Crippen molar-refractivity contribution in [1.29, 1.82) is 0 Å². The van der Waals surface area contributed by atoms with Gasteiger partial charge >= 0.3 is 0 Å². The van der Waals surface area contributed by atoms with Crippen molar-refractivity contribution in [2.24, 2.45) is 5.41 Å². The number of thiazole rings is 1. The second kappa shape index (κ2) is 6.52. The molecule has 2 aliphatic heterocycles. The Balaban J connectivity index is 1.53. The molecule has 1 unspecified atom stereocenters. The molecule has 0 radical (unpaired) electrons. The van der Waals surface area contributed by atoms with Crippen LogP contribution in [0.4, 0.5) is 5.13 Å². The molecule has 0 aromatic carbocycles. The van der Waals surface area contributed by atoms with Crippen molar-refractivity contribution < 1.29 is 9.53 Å². The summed E-state index contributed by atoms with van der Waals surface area (Å²) in [4.78, 5) is 21.4. The second-order valence-electron chi connectivity index (χ2n) is 6.59. The predicted molar refractivity (Wildman–Crippen MR) is 91.3 cm³/mol. The lowest BCUT2D eigenvalue weighted by molar-refractivity contribution is 0.0133. The van der Waals surface area contributed by atoms with E-state index in [9.17, 15) is 4.79 Å². The average Bonchev–Trinajstić information content (AvgIpc) is 3.28. The van der Waals surface area contributed by atoms with E-state index < -0.39 is 0 Å². The molecule has 1 amide bonds. The van der Waals surface area contributed by atoms with Gasteiger partial charge in [-0.2, -0.15) is 5.10 Å². The van der Waals surface area contributed by atoms with Crippen LogP contribution in [0.15, 0.2) is 23.8 Å². The number of piperidine rings is 1. The summed E-state index contributed by atoms with van der Waals surface area (Å²) in [5.41, 5.74) is 0.522. The number of H-pyrrole nitrogens is 1. The molecule has 2 saturated heterocycles. The third kappa shape index (κ3) is 3.03. The van der Waals surface area contributed by atoms with Crippen LogP contribution >= 0.6 is 11.3 Å². The zero-order chi connectivity index (χ0) is 16.4. The monoisotopic (exact) mass is 347 g/mol. The van der Waals surface area contributed by atoms with Gasteiger partial charge in [0.05, 0.1) is 13.2 Å². The molecule has 0 aliphatic carbocycles. The highest BCUT2D eigenvalue weighted by atomic mass is 32.1. The van der Waals surface area contributed by atoms with Crippen LogP contribution in [-0.4, -0.2) is 65.4 Å². The first-order valence-electron chi connectivity index (χ1n) is 8.27. The van der Waals surface area contributed by atoms with Gasteiger partial charge in [-0.1, -0.05) is 0 Å². The number of carbonyl (C=O) groups is 1. The Morgan fingerprint density at radius 3 is 3.08 bits per heavy atom. The summed E-state index contributed by atoms with van der Waals surface area (Å²) >= 11 is 1.66. The molecule has 2 aliphatic rings. The number of hydrogen-bond donors (Lipinski definition) is 1. The fraction of sp³-hybridized carbons (Fsp3) is 0.562. The molecule has 1 atom stereocenters. The molecule has 24 heavy (non-hydrogen) atoms. The van der Waals surface area contributed by atoms with Crippen molar-refractivity contribution in [3.8, 4) is 0 Å². The van der Waals surface area contributed by atoms with Gasteiger partial charge in [-0.15, -0.1) is 11.3 Å². The molecule has 4 rings (SSSR count).